The van der Waals surface area contributed by atoms with Gasteiger partial charge in [-0.2, -0.15) is 0 Å². The van der Waals surface area contributed by atoms with Gasteiger partial charge < -0.3 is 9.57 Å². The summed E-state index contributed by atoms with van der Waals surface area (Å²) >= 11 is 6.19. The second kappa shape index (κ2) is 6.61. The van der Waals surface area contributed by atoms with E-state index in [2.05, 4.69) is 5.16 Å². The first-order chi connectivity index (χ1) is 13.4. The molecule has 9 nitrogen and oxygen atoms in total. The lowest BCUT2D eigenvalue weighted by atomic mass is 9.94. The summed E-state index contributed by atoms with van der Waals surface area (Å²) in [5, 5.41) is 15.4. The highest BCUT2D eigenvalue weighted by molar-refractivity contribution is 6.38. The number of rotatable bonds is 4. The molecular weight excluding hydrogens is 390 g/mol. The largest absolute Gasteiger partial charge is 0.495 e. The van der Waals surface area contributed by atoms with Gasteiger partial charge in [-0.15, -0.1) is 0 Å². The maximum Gasteiger partial charge on any atom is 0.279 e. The summed E-state index contributed by atoms with van der Waals surface area (Å²) < 4.78 is 5.18. The molecule has 2 amide bonds. The predicted octanol–water partition coefficient (Wildman–Crippen LogP) is 2.55. The molecule has 0 saturated carbocycles. The topological polar surface area (TPSA) is 111 Å². The summed E-state index contributed by atoms with van der Waals surface area (Å²) in [4.78, 5) is 42.5. The Morgan fingerprint density at radius 2 is 1.96 bits per heavy atom. The number of non-ortho nitro benzene ring substituents is 1. The SMILES string of the molecule is COc1ccc([N+](=O)[O-])cc1N1C(=O)[C@H]2C(c3ccccc3Cl)=NO[C@@H]2C1=O. The van der Waals surface area contributed by atoms with Gasteiger partial charge >= 0.3 is 0 Å². The first-order valence-corrected chi connectivity index (χ1v) is 8.50. The van der Waals surface area contributed by atoms with Crippen molar-refractivity contribution < 1.29 is 24.1 Å². The molecule has 1 saturated heterocycles. The van der Waals surface area contributed by atoms with Crippen LogP contribution < -0.4 is 9.64 Å². The van der Waals surface area contributed by atoms with Crippen LogP contribution in [0.3, 0.4) is 0 Å². The van der Waals surface area contributed by atoms with E-state index < -0.39 is 28.8 Å². The van der Waals surface area contributed by atoms with Gasteiger partial charge in [0.1, 0.15) is 23.1 Å². The zero-order chi connectivity index (χ0) is 20.0. The van der Waals surface area contributed by atoms with Crippen molar-refractivity contribution in [1.82, 2.24) is 0 Å². The van der Waals surface area contributed by atoms with Crippen LogP contribution >= 0.6 is 11.6 Å². The fourth-order valence-corrected chi connectivity index (χ4v) is 3.51. The molecule has 0 bridgehead atoms. The van der Waals surface area contributed by atoms with E-state index in [4.69, 9.17) is 21.2 Å². The van der Waals surface area contributed by atoms with E-state index >= 15 is 0 Å². The molecule has 2 aromatic carbocycles. The second-order valence-corrected chi connectivity index (χ2v) is 6.49. The molecule has 1 fully saturated rings. The number of anilines is 1. The van der Waals surface area contributed by atoms with Gasteiger partial charge in [0.2, 0.25) is 12.0 Å². The summed E-state index contributed by atoms with van der Waals surface area (Å²) in [7, 11) is 1.34. The first kappa shape index (κ1) is 17.9. The second-order valence-electron chi connectivity index (χ2n) is 6.09. The van der Waals surface area contributed by atoms with Crippen LogP contribution in [0.4, 0.5) is 11.4 Å². The van der Waals surface area contributed by atoms with E-state index in [1.807, 2.05) is 0 Å². The standard InChI is InChI=1S/C18H12ClN3O6/c1-27-13-7-6-9(22(25)26)8-12(13)21-17(23)14-15(20-28-16(14)18(21)24)10-4-2-3-5-11(10)19/h2-8,14,16H,1H3/t14-,16-/m0/s1. The average molecular weight is 402 g/mol. The summed E-state index contributed by atoms with van der Waals surface area (Å²) in [6.45, 7) is 0. The smallest absolute Gasteiger partial charge is 0.279 e. The van der Waals surface area contributed by atoms with Gasteiger partial charge in [0.15, 0.2) is 0 Å². The Hall–Kier alpha value is -3.46. The van der Waals surface area contributed by atoms with Crippen molar-refractivity contribution in [2.45, 2.75) is 6.10 Å². The van der Waals surface area contributed by atoms with Crippen LogP contribution in [0.25, 0.3) is 0 Å². The number of nitro groups is 1. The molecule has 10 heteroatoms. The fraction of sp³-hybridized carbons (Fsp3) is 0.167. The number of halogens is 1. The molecule has 2 aliphatic rings. The first-order valence-electron chi connectivity index (χ1n) is 8.13. The number of carbonyl (C=O) groups excluding carboxylic acids is 2. The third-order valence-corrected chi connectivity index (χ3v) is 4.91. The molecule has 0 radical (unpaired) electrons. The number of fused-ring (bicyclic) bond motifs is 1. The van der Waals surface area contributed by atoms with Gasteiger partial charge in [-0.05, 0) is 12.1 Å². The van der Waals surface area contributed by atoms with E-state index in [-0.39, 0.29) is 22.8 Å². The molecule has 2 atom stereocenters. The van der Waals surface area contributed by atoms with Crippen molar-refractivity contribution in [3.63, 3.8) is 0 Å². The lowest BCUT2D eigenvalue weighted by Crippen LogP contribution is -2.33. The maximum absolute atomic E-state index is 13.1. The monoisotopic (exact) mass is 401 g/mol. The molecule has 28 heavy (non-hydrogen) atoms. The molecule has 2 aliphatic heterocycles. The number of ether oxygens (including phenoxy) is 1. The number of hydrogen-bond donors (Lipinski definition) is 0. The van der Waals surface area contributed by atoms with E-state index in [0.29, 0.717) is 10.6 Å². The number of nitro benzene ring substituents is 1. The van der Waals surface area contributed by atoms with Crippen LogP contribution in [0.5, 0.6) is 5.75 Å². The summed E-state index contributed by atoms with van der Waals surface area (Å²) in [6, 6.07) is 10.4. The summed E-state index contributed by atoms with van der Waals surface area (Å²) in [5.74, 6) is -2.16. The Labute approximate surface area is 163 Å². The average Bonchev–Trinajstić information content (AvgIpc) is 3.22. The lowest BCUT2D eigenvalue weighted by molar-refractivity contribution is -0.384. The van der Waals surface area contributed by atoms with Crippen LogP contribution in [0, 0.1) is 16.0 Å². The van der Waals surface area contributed by atoms with E-state index in [0.717, 1.165) is 11.0 Å². The molecule has 2 heterocycles. The molecule has 0 aromatic heterocycles. The van der Waals surface area contributed by atoms with Gasteiger partial charge in [0.05, 0.1) is 12.0 Å². The highest BCUT2D eigenvalue weighted by Crippen LogP contribution is 2.40. The molecule has 2 aromatic rings. The number of benzene rings is 2. The third kappa shape index (κ3) is 2.59. The van der Waals surface area contributed by atoms with E-state index in [1.165, 1.54) is 19.2 Å². The molecule has 142 valence electrons. The van der Waals surface area contributed by atoms with Gasteiger partial charge in [0, 0.05) is 22.7 Å². The normalized spacial score (nSPS) is 20.6. The Kier molecular flexibility index (Phi) is 4.23. The molecular formula is C18H12ClN3O6. The van der Waals surface area contributed by atoms with Crippen LogP contribution in [-0.2, 0) is 14.4 Å². The van der Waals surface area contributed by atoms with Gasteiger partial charge in [-0.25, -0.2) is 4.90 Å². The zero-order valence-corrected chi connectivity index (χ0v) is 15.1. The minimum atomic E-state index is -1.16. The zero-order valence-electron chi connectivity index (χ0n) is 14.4. The number of hydrogen-bond acceptors (Lipinski definition) is 7. The molecule has 0 N–H and O–H groups in total. The highest BCUT2D eigenvalue weighted by atomic mass is 35.5. The summed E-state index contributed by atoms with van der Waals surface area (Å²) in [5.41, 5.74) is 0.407. The Bertz CT molecular complexity index is 1050. The molecule has 0 aliphatic carbocycles. The number of methoxy groups -OCH3 is 1. The van der Waals surface area contributed by atoms with Crippen molar-refractivity contribution >= 4 is 40.5 Å². The van der Waals surface area contributed by atoms with Crippen molar-refractivity contribution in [3.05, 3.63) is 63.2 Å². The Morgan fingerprint density at radius 1 is 1.21 bits per heavy atom. The van der Waals surface area contributed by atoms with Gasteiger partial charge in [0.25, 0.3) is 11.6 Å². The molecule has 0 unspecified atom stereocenters. The molecule has 0 spiro atoms. The van der Waals surface area contributed by atoms with Crippen molar-refractivity contribution in [1.29, 1.82) is 0 Å². The predicted molar refractivity (Wildman–Crippen MR) is 98.5 cm³/mol. The number of amides is 2. The molecule has 4 rings (SSSR count). The van der Waals surface area contributed by atoms with Gasteiger partial charge in [-0.3, -0.25) is 19.7 Å². The van der Waals surface area contributed by atoms with Crippen molar-refractivity contribution in [3.8, 4) is 5.75 Å². The van der Waals surface area contributed by atoms with Crippen LogP contribution in [0.2, 0.25) is 5.02 Å². The number of nitrogens with zero attached hydrogens (tertiary/aromatic N) is 3. The van der Waals surface area contributed by atoms with Crippen LogP contribution in [0.15, 0.2) is 47.6 Å². The lowest BCUT2D eigenvalue weighted by Gasteiger charge is -2.18. The number of oxime groups is 1. The Morgan fingerprint density at radius 3 is 2.64 bits per heavy atom. The fourth-order valence-electron chi connectivity index (χ4n) is 3.27. The quantitative estimate of drug-likeness (QED) is 0.442. The highest BCUT2D eigenvalue weighted by Gasteiger charge is 2.57. The number of imide groups is 1. The van der Waals surface area contributed by atoms with Crippen LogP contribution in [0.1, 0.15) is 5.56 Å². The maximum atomic E-state index is 13.1. The minimum absolute atomic E-state index is 0.0248. The Balaban J connectivity index is 1.77. The van der Waals surface area contributed by atoms with Crippen molar-refractivity contribution in [2.24, 2.45) is 11.1 Å². The summed E-state index contributed by atoms with van der Waals surface area (Å²) in [6.07, 6.45) is -1.16. The third-order valence-electron chi connectivity index (χ3n) is 4.58. The van der Waals surface area contributed by atoms with Crippen molar-refractivity contribution in [2.75, 3.05) is 12.0 Å². The van der Waals surface area contributed by atoms with Gasteiger partial charge in [-0.1, -0.05) is 35.0 Å². The van der Waals surface area contributed by atoms with Crippen LogP contribution in [-0.4, -0.2) is 35.7 Å². The van der Waals surface area contributed by atoms with E-state index in [9.17, 15) is 19.7 Å². The minimum Gasteiger partial charge on any atom is -0.495 e. The van der Waals surface area contributed by atoms with E-state index in [1.54, 1.807) is 24.3 Å². The number of carbonyl (C=O) groups is 2.